The van der Waals surface area contributed by atoms with Crippen LogP contribution in [0.3, 0.4) is 0 Å². The van der Waals surface area contributed by atoms with Crippen molar-refractivity contribution in [1.82, 2.24) is 4.57 Å². The van der Waals surface area contributed by atoms with Gasteiger partial charge in [-0.1, -0.05) is 6.07 Å². The first kappa shape index (κ1) is 14.1. The number of carbonyl (C=O) groups is 1. The molecule has 0 fully saturated rings. The molecular weight excluding hydrogens is 271 g/mol. The number of imidazole rings is 1. The van der Waals surface area contributed by atoms with E-state index in [-0.39, 0.29) is 18.1 Å². The molecule has 1 aromatic heterocycles. The topological polar surface area (TPSA) is 37.9 Å². The first-order chi connectivity index (χ1) is 9.34. The number of hydrogen-bond acceptors (Lipinski definition) is 1. The fraction of sp³-hybridized carbons (Fsp3) is 0.231. The van der Waals surface area contributed by atoms with E-state index in [1.165, 1.54) is 12.1 Å². The first-order valence-corrected chi connectivity index (χ1v) is 5.83. The van der Waals surface area contributed by atoms with Crippen LogP contribution in [0.15, 0.2) is 43.0 Å². The molecule has 0 radical (unpaired) electrons. The molecule has 0 spiro atoms. The van der Waals surface area contributed by atoms with Gasteiger partial charge in [0.2, 0.25) is 6.33 Å². The molecule has 0 aliphatic rings. The van der Waals surface area contributed by atoms with Gasteiger partial charge in [-0.3, -0.25) is 4.79 Å². The highest BCUT2D eigenvalue weighted by molar-refractivity contribution is 5.90. The summed E-state index contributed by atoms with van der Waals surface area (Å²) in [4.78, 5) is 11.7. The maximum atomic E-state index is 12.5. The number of halogens is 3. The number of hydrogen-bond donors (Lipinski definition) is 1. The second-order valence-electron chi connectivity index (χ2n) is 4.38. The zero-order chi connectivity index (χ0) is 14.8. The van der Waals surface area contributed by atoms with Crippen LogP contribution in [0.5, 0.6) is 0 Å². The van der Waals surface area contributed by atoms with E-state index in [0.717, 1.165) is 12.1 Å². The van der Waals surface area contributed by atoms with Crippen molar-refractivity contribution in [3.63, 3.8) is 0 Å². The predicted molar refractivity (Wildman–Crippen MR) is 65.7 cm³/mol. The molecule has 7 heteroatoms. The van der Waals surface area contributed by atoms with Gasteiger partial charge in [0.15, 0.2) is 6.54 Å². The molecule has 1 heterocycles. The van der Waals surface area contributed by atoms with Crippen LogP contribution in [-0.4, -0.2) is 10.5 Å². The molecule has 0 aliphatic carbocycles. The van der Waals surface area contributed by atoms with Crippen LogP contribution in [-0.2, 0) is 24.6 Å². The molecule has 1 N–H and O–H groups in total. The van der Waals surface area contributed by atoms with Crippen molar-refractivity contribution >= 4 is 11.6 Å². The number of rotatable bonds is 3. The number of anilines is 1. The van der Waals surface area contributed by atoms with Crippen molar-refractivity contribution in [2.24, 2.45) is 7.05 Å². The summed E-state index contributed by atoms with van der Waals surface area (Å²) in [6.45, 7) is 0.0388. The van der Waals surface area contributed by atoms with Gasteiger partial charge in [-0.25, -0.2) is 9.13 Å². The van der Waals surface area contributed by atoms with E-state index in [4.69, 9.17) is 0 Å². The second kappa shape index (κ2) is 5.36. The molecule has 0 unspecified atom stereocenters. The fourth-order valence-electron chi connectivity index (χ4n) is 1.73. The van der Waals surface area contributed by atoms with Crippen molar-refractivity contribution in [3.05, 3.63) is 48.5 Å². The van der Waals surface area contributed by atoms with Gasteiger partial charge in [-0.15, -0.1) is 0 Å². The molecule has 0 aliphatic heterocycles. The Kier molecular flexibility index (Phi) is 3.78. The van der Waals surface area contributed by atoms with Crippen molar-refractivity contribution in [3.8, 4) is 0 Å². The number of nitrogens with one attached hydrogen (secondary N) is 1. The minimum atomic E-state index is -4.42. The van der Waals surface area contributed by atoms with Gasteiger partial charge in [0.1, 0.15) is 12.4 Å². The van der Waals surface area contributed by atoms with E-state index in [0.29, 0.717) is 0 Å². The number of aromatic nitrogens is 2. The normalized spacial score (nSPS) is 11.4. The lowest BCUT2D eigenvalue weighted by Gasteiger charge is -2.09. The number of aryl methyl sites for hydroxylation is 1. The molecule has 2 rings (SSSR count). The second-order valence-corrected chi connectivity index (χ2v) is 4.38. The Morgan fingerprint density at radius 1 is 1.40 bits per heavy atom. The van der Waals surface area contributed by atoms with E-state index in [1.807, 2.05) is 0 Å². The largest absolute Gasteiger partial charge is 0.416 e. The highest BCUT2D eigenvalue weighted by Crippen LogP contribution is 2.30. The quantitative estimate of drug-likeness (QED) is 0.860. The van der Waals surface area contributed by atoms with Crippen molar-refractivity contribution in [1.29, 1.82) is 0 Å². The van der Waals surface area contributed by atoms with Gasteiger partial charge in [0.05, 0.1) is 12.6 Å². The summed E-state index contributed by atoms with van der Waals surface area (Å²) in [5.41, 5.74) is -0.663. The maximum Gasteiger partial charge on any atom is 0.416 e. The Balaban J connectivity index is 2.04. The summed E-state index contributed by atoms with van der Waals surface area (Å²) in [6.07, 6.45) is 0.740. The molecular formula is C13H13F3N3O+. The molecule has 106 valence electrons. The van der Waals surface area contributed by atoms with Crippen molar-refractivity contribution in [2.75, 3.05) is 5.32 Å². The van der Waals surface area contributed by atoms with E-state index >= 15 is 0 Å². The zero-order valence-electron chi connectivity index (χ0n) is 10.7. The maximum absolute atomic E-state index is 12.5. The van der Waals surface area contributed by atoms with Crippen molar-refractivity contribution < 1.29 is 22.5 Å². The third-order valence-electron chi connectivity index (χ3n) is 2.62. The Bertz CT molecular complexity index is 619. The molecule has 4 nitrogen and oxygen atoms in total. The number of alkyl halides is 3. The summed E-state index contributed by atoms with van der Waals surface area (Å²) in [5, 5.41) is 2.44. The fourth-order valence-corrected chi connectivity index (χ4v) is 1.73. The molecule has 1 amide bonds. The summed E-state index contributed by atoms with van der Waals surface area (Å²) in [6, 6.07) is 4.55. The van der Waals surface area contributed by atoms with Crippen LogP contribution in [0.4, 0.5) is 18.9 Å². The van der Waals surface area contributed by atoms with E-state index < -0.39 is 11.7 Å². The first-order valence-electron chi connectivity index (χ1n) is 5.83. The van der Waals surface area contributed by atoms with E-state index in [9.17, 15) is 18.0 Å². The predicted octanol–water partition coefficient (Wildman–Crippen LogP) is 1.97. The van der Waals surface area contributed by atoms with E-state index in [2.05, 4.69) is 5.32 Å². The Morgan fingerprint density at radius 2 is 2.15 bits per heavy atom. The monoisotopic (exact) mass is 284 g/mol. The van der Waals surface area contributed by atoms with E-state index in [1.54, 1.807) is 34.9 Å². The van der Waals surface area contributed by atoms with Gasteiger partial charge < -0.3 is 5.32 Å². The highest BCUT2D eigenvalue weighted by atomic mass is 19.4. The smallest absolute Gasteiger partial charge is 0.323 e. The highest BCUT2D eigenvalue weighted by Gasteiger charge is 2.30. The molecule has 1 aromatic carbocycles. The summed E-state index contributed by atoms with van der Waals surface area (Å²) < 4.78 is 41.0. The van der Waals surface area contributed by atoms with Crippen LogP contribution in [0.25, 0.3) is 0 Å². The molecule has 0 atom stereocenters. The number of nitrogens with zero attached hydrogens (tertiary/aromatic N) is 2. The standard InChI is InChI=1S/C13H12F3N3O/c1-18-5-6-19(9-18)8-12(20)17-11-4-2-3-10(7-11)13(14,15)16/h2-7,9H,8H2,1H3/p+1. The summed E-state index contributed by atoms with van der Waals surface area (Å²) in [5.74, 6) is -0.388. The van der Waals surface area contributed by atoms with Gasteiger partial charge >= 0.3 is 6.18 Å². The van der Waals surface area contributed by atoms with Crippen LogP contribution in [0.1, 0.15) is 5.56 Å². The van der Waals surface area contributed by atoms with Gasteiger partial charge in [0.25, 0.3) is 5.91 Å². The third kappa shape index (κ3) is 3.59. The minimum Gasteiger partial charge on any atom is -0.323 e. The van der Waals surface area contributed by atoms with Crippen LogP contribution >= 0.6 is 0 Å². The Morgan fingerprint density at radius 3 is 2.75 bits per heavy atom. The lowest BCUT2D eigenvalue weighted by molar-refractivity contribution is -0.671. The lowest BCUT2D eigenvalue weighted by Crippen LogP contribution is -2.25. The van der Waals surface area contributed by atoms with Gasteiger partial charge in [-0.05, 0) is 18.2 Å². The van der Waals surface area contributed by atoms with Crippen LogP contribution < -0.4 is 9.88 Å². The average molecular weight is 284 g/mol. The SMILES string of the molecule is C[n+]1ccn(CC(=O)Nc2cccc(C(F)(F)F)c2)c1. The van der Waals surface area contributed by atoms with Crippen LogP contribution in [0, 0.1) is 0 Å². The number of amides is 1. The Labute approximate surface area is 113 Å². The average Bonchev–Trinajstić information content (AvgIpc) is 2.73. The van der Waals surface area contributed by atoms with Crippen molar-refractivity contribution in [2.45, 2.75) is 12.7 Å². The summed E-state index contributed by atoms with van der Waals surface area (Å²) >= 11 is 0. The zero-order valence-corrected chi connectivity index (χ0v) is 10.7. The number of carbonyl (C=O) groups excluding carboxylic acids is 1. The molecule has 2 aromatic rings. The van der Waals surface area contributed by atoms with Gasteiger partial charge in [0, 0.05) is 5.69 Å². The minimum absolute atomic E-state index is 0.0388. The van der Waals surface area contributed by atoms with Crippen LogP contribution in [0.2, 0.25) is 0 Å². The summed E-state index contributed by atoms with van der Waals surface area (Å²) in [7, 11) is 1.81. The Hall–Kier alpha value is -2.31. The molecule has 0 bridgehead atoms. The van der Waals surface area contributed by atoms with Gasteiger partial charge in [-0.2, -0.15) is 13.2 Å². The molecule has 0 saturated heterocycles. The lowest BCUT2D eigenvalue weighted by atomic mass is 10.2. The third-order valence-corrected chi connectivity index (χ3v) is 2.62. The molecule has 20 heavy (non-hydrogen) atoms. The molecule has 0 saturated carbocycles. The number of benzene rings is 1.